The Kier molecular flexibility index (Phi) is 7.91. The van der Waals surface area contributed by atoms with Gasteiger partial charge in [0.15, 0.2) is 17.8 Å². The predicted octanol–water partition coefficient (Wildman–Crippen LogP) is 3.85. The molecular formula is C21H23NO5. The lowest BCUT2D eigenvalue weighted by Gasteiger charge is -2.10. The second-order valence-electron chi connectivity index (χ2n) is 5.63. The van der Waals surface area contributed by atoms with E-state index >= 15 is 0 Å². The van der Waals surface area contributed by atoms with Crippen molar-refractivity contribution in [2.75, 3.05) is 20.8 Å². The van der Waals surface area contributed by atoms with Crippen LogP contribution in [-0.4, -0.2) is 33.1 Å². The fourth-order valence-electron chi connectivity index (χ4n) is 2.40. The molecule has 0 saturated carbocycles. The van der Waals surface area contributed by atoms with Crippen LogP contribution < -0.4 is 14.8 Å². The smallest absolute Gasteiger partial charge is 0.407 e. The molecule has 6 heteroatoms. The maximum atomic E-state index is 11.7. The number of rotatable bonds is 9. The molecule has 142 valence electrons. The highest BCUT2D eigenvalue weighted by atomic mass is 16.5. The zero-order valence-electron chi connectivity index (χ0n) is 15.4. The number of ether oxygens (including phenoxy) is 3. The minimum atomic E-state index is -0.466. The number of methoxy groups -OCH3 is 2. The Bertz CT molecular complexity index is 787. The summed E-state index contributed by atoms with van der Waals surface area (Å²) >= 11 is 0. The van der Waals surface area contributed by atoms with E-state index in [2.05, 4.69) is 5.32 Å². The number of hydrogen-bond acceptors (Lipinski definition) is 5. The number of amides is 1. The highest BCUT2D eigenvalue weighted by Gasteiger charge is 2.09. The summed E-state index contributed by atoms with van der Waals surface area (Å²) in [4.78, 5) is 22.9. The van der Waals surface area contributed by atoms with Gasteiger partial charge in [0.05, 0.1) is 14.2 Å². The summed E-state index contributed by atoms with van der Waals surface area (Å²) in [7, 11) is 3.06. The summed E-state index contributed by atoms with van der Waals surface area (Å²) in [5.41, 5.74) is 2.15. The summed E-state index contributed by atoms with van der Waals surface area (Å²) in [6.45, 7) is 0.657. The van der Waals surface area contributed by atoms with Gasteiger partial charge in [0.2, 0.25) is 0 Å². The SMILES string of the molecule is COc1cc(C=O)c(C=CCCNC(=O)OCc2ccccc2)cc1OC. The van der Waals surface area contributed by atoms with Crippen molar-refractivity contribution in [1.82, 2.24) is 5.32 Å². The molecule has 0 heterocycles. The third kappa shape index (κ3) is 6.18. The van der Waals surface area contributed by atoms with Crippen molar-refractivity contribution in [2.45, 2.75) is 13.0 Å². The van der Waals surface area contributed by atoms with Crippen LogP contribution in [-0.2, 0) is 11.3 Å². The summed E-state index contributed by atoms with van der Waals surface area (Å²) < 4.78 is 15.6. The predicted molar refractivity (Wildman–Crippen MR) is 103 cm³/mol. The lowest BCUT2D eigenvalue weighted by Crippen LogP contribution is -2.24. The molecule has 0 radical (unpaired) electrons. The first-order valence-electron chi connectivity index (χ1n) is 8.50. The maximum absolute atomic E-state index is 11.7. The second kappa shape index (κ2) is 10.7. The molecule has 0 aliphatic carbocycles. The van der Waals surface area contributed by atoms with Gasteiger partial charge in [0.25, 0.3) is 0 Å². The molecule has 2 aromatic carbocycles. The van der Waals surface area contributed by atoms with Gasteiger partial charge in [-0.05, 0) is 29.7 Å². The van der Waals surface area contributed by atoms with Crippen LogP contribution in [0.15, 0.2) is 48.5 Å². The first-order chi connectivity index (χ1) is 13.2. The Morgan fingerprint density at radius 3 is 2.33 bits per heavy atom. The van der Waals surface area contributed by atoms with Gasteiger partial charge in [-0.25, -0.2) is 4.79 Å². The van der Waals surface area contributed by atoms with Crippen LogP contribution in [0.25, 0.3) is 6.08 Å². The van der Waals surface area contributed by atoms with Crippen LogP contribution in [0.4, 0.5) is 4.79 Å². The Morgan fingerprint density at radius 2 is 1.70 bits per heavy atom. The van der Waals surface area contributed by atoms with E-state index in [1.165, 1.54) is 14.2 Å². The highest BCUT2D eigenvalue weighted by Crippen LogP contribution is 2.30. The van der Waals surface area contributed by atoms with Crippen LogP contribution in [0.5, 0.6) is 11.5 Å². The number of hydrogen-bond donors (Lipinski definition) is 1. The van der Waals surface area contributed by atoms with Gasteiger partial charge < -0.3 is 19.5 Å². The number of nitrogens with one attached hydrogen (secondary N) is 1. The molecule has 0 aliphatic heterocycles. The van der Waals surface area contributed by atoms with Gasteiger partial charge >= 0.3 is 6.09 Å². The van der Waals surface area contributed by atoms with E-state index in [9.17, 15) is 9.59 Å². The summed E-state index contributed by atoms with van der Waals surface area (Å²) in [5, 5.41) is 2.68. The van der Waals surface area contributed by atoms with Crippen LogP contribution >= 0.6 is 0 Å². The molecule has 1 N–H and O–H groups in total. The van der Waals surface area contributed by atoms with E-state index < -0.39 is 6.09 Å². The Labute approximate surface area is 158 Å². The van der Waals surface area contributed by atoms with Crippen molar-refractivity contribution in [2.24, 2.45) is 0 Å². The van der Waals surface area contributed by atoms with Crippen molar-refractivity contribution < 1.29 is 23.8 Å². The first-order valence-corrected chi connectivity index (χ1v) is 8.50. The van der Waals surface area contributed by atoms with Gasteiger partial charge in [-0.1, -0.05) is 42.5 Å². The van der Waals surface area contributed by atoms with Gasteiger partial charge in [0.1, 0.15) is 6.61 Å². The van der Waals surface area contributed by atoms with Crippen LogP contribution in [0, 0.1) is 0 Å². The fourth-order valence-corrected chi connectivity index (χ4v) is 2.40. The van der Waals surface area contributed by atoms with Crippen molar-refractivity contribution in [3.63, 3.8) is 0 Å². The third-order valence-corrected chi connectivity index (χ3v) is 3.81. The van der Waals surface area contributed by atoms with E-state index in [1.54, 1.807) is 12.1 Å². The van der Waals surface area contributed by atoms with E-state index in [4.69, 9.17) is 14.2 Å². The molecular weight excluding hydrogens is 346 g/mol. The molecule has 0 atom stereocenters. The van der Waals surface area contributed by atoms with E-state index in [0.717, 1.165) is 11.8 Å². The second-order valence-corrected chi connectivity index (χ2v) is 5.63. The topological polar surface area (TPSA) is 73.9 Å². The van der Waals surface area contributed by atoms with Gasteiger partial charge in [-0.3, -0.25) is 4.79 Å². The Hall–Kier alpha value is -3.28. The largest absolute Gasteiger partial charge is 0.493 e. The minimum absolute atomic E-state index is 0.233. The molecule has 27 heavy (non-hydrogen) atoms. The summed E-state index contributed by atoms with van der Waals surface area (Å²) in [6, 6.07) is 12.8. The molecule has 0 saturated heterocycles. The molecule has 2 aromatic rings. The molecule has 0 spiro atoms. The lowest BCUT2D eigenvalue weighted by molar-refractivity contribution is 0.112. The molecule has 1 amide bonds. The zero-order chi connectivity index (χ0) is 19.5. The number of alkyl carbamates (subject to hydrolysis) is 1. The van der Waals surface area contributed by atoms with Gasteiger partial charge in [-0.2, -0.15) is 0 Å². The molecule has 2 rings (SSSR count). The van der Waals surface area contributed by atoms with Crippen LogP contribution in [0.3, 0.4) is 0 Å². The Balaban J connectivity index is 1.81. The number of benzene rings is 2. The molecule has 0 aromatic heterocycles. The van der Waals surface area contributed by atoms with Crippen LogP contribution in [0.2, 0.25) is 0 Å². The number of carbonyl (C=O) groups is 2. The zero-order valence-corrected chi connectivity index (χ0v) is 15.4. The molecule has 0 aliphatic rings. The van der Waals surface area contributed by atoms with Crippen LogP contribution in [0.1, 0.15) is 27.9 Å². The standard InChI is InChI=1S/C21H23NO5/c1-25-19-12-17(18(14-23)13-20(19)26-2)10-6-7-11-22-21(24)27-15-16-8-4-3-5-9-16/h3-6,8-10,12-14H,7,11,15H2,1-2H3,(H,22,24). The van der Waals surface area contributed by atoms with E-state index in [1.807, 2.05) is 42.5 Å². The number of carbonyl (C=O) groups excluding carboxylic acids is 2. The molecule has 0 unspecified atom stereocenters. The Morgan fingerprint density at radius 1 is 1.04 bits per heavy atom. The third-order valence-electron chi connectivity index (χ3n) is 3.81. The summed E-state index contributed by atoms with van der Waals surface area (Å²) in [5.74, 6) is 1.05. The van der Waals surface area contributed by atoms with Gasteiger partial charge in [-0.15, -0.1) is 0 Å². The highest BCUT2D eigenvalue weighted by molar-refractivity contribution is 5.83. The molecule has 0 fully saturated rings. The minimum Gasteiger partial charge on any atom is -0.493 e. The number of aldehydes is 1. The normalized spacial score (nSPS) is 10.4. The van der Waals surface area contributed by atoms with Crippen molar-refractivity contribution >= 4 is 18.5 Å². The van der Waals surface area contributed by atoms with Crippen molar-refractivity contribution in [3.8, 4) is 11.5 Å². The van der Waals surface area contributed by atoms with E-state index in [-0.39, 0.29) is 6.61 Å². The van der Waals surface area contributed by atoms with E-state index in [0.29, 0.717) is 35.6 Å². The fraction of sp³-hybridized carbons (Fsp3) is 0.238. The lowest BCUT2D eigenvalue weighted by atomic mass is 10.1. The monoisotopic (exact) mass is 369 g/mol. The van der Waals surface area contributed by atoms with Crippen molar-refractivity contribution in [1.29, 1.82) is 0 Å². The quantitative estimate of drug-likeness (QED) is 0.537. The molecule has 6 nitrogen and oxygen atoms in total. The summed E-state index contributed by atoms with van der Waals surface area (Å²) in [6.07, 6.45) is 4.56. The first kappa shape index (κ1) is 20.0. The average molecular weight is 369 g/mol. The average Bonchev–Trinajstić information content (AvgIpc) is 2.72. The maximum Gasteiger partial charge on any atom is 0.407 e. The molecule has 0 bridgehead atoms. The van der Waals surface area contributed by atoms with Gasteiger partial charge in [0, 0.05) is 12.1 Å². The van der Waals surface area contributed by atoms with Crippen molar-refractivity contribution in [3.05, 3.63) is 65.2 Å².